The number of carboxylic acid groups (broad SMARTS) is 1. The number of terminal acetylenes is 1. The van der Waals surface area contributed by atoms with Gasteiger partial charge >= 0.3 is 5.97 Å². The minimum absolute atomic E-state index is 0.0373. The summed E-state index contributed by atoms with van der Waals surface area (Å²) in [6, 6.07) is 3.86. The van der Waals surface area contributed by atoms with Crippen LogP contribution in [0.25, 0.3) is 0 Å². The van der Waals surface area contributed by atoms with Gasteiger partial charge in [-0.15, -0.1) is 17.8 Å². The highest BCUT2D eigenvalue weighted by Crippen LogP contribution is 2.11. The predicted octanol–water partition coefficient (Wildman–Crippen LogP) is 1.23. The van der Waals surface area contributed by atoms with Crippen molar-refractivity contribution in [3.63, 3.8) is 0 Å². The standard InChI is InChI=1S/C12H13NO3S/c1-2-7-13(9-12(15)16)11(14)6-5-10-4-3-8-17-10/h1,3-4,8H,5-7,9H2,(H,15,16). The number of carbonyl (C=O) groups is 2. The predicted molar refractivity (Wildman–Crippen MR) is 65.7 cm³/mol. The molecule has 0 fully saturated rings. The summed E-state index contributed by atoms with van der Waals surface area (Å²) in [4.78, 5) is 24.6. The van der Waals surface area contributed by atoms with Crippen molar-refractivity contribution >= 4 is 23.2 Å². The number of hydrogen-bond acceptors (Lipinski definition) is 3. The first-order valence-electron chi connectivity index (χ1n) is 5.09. The Labute approximate surface area is 104 Å². The maximum Gasteiger partial charge on any atom is 0.323 e. The molecule has 0 saturated carbocycles. The average Bonchev–Trinajstić information content (AvgIpc) is 2.77. The summed E-state index contributed by atoms with van der Waals surface area (Å²) in [6.07, 6.45) is 6.01. The highest BCUT2D eigenvalue weighted by atomic mass is 32.1. The largest absolute Gasteiger partial charge is 0.480 e. The van der Waals surface area contributed by atoms with E-state index in [9.17, 15) is 9.59 Å². The molecule has 0 aliphatic rings. The number of nitrogens with zero attached hydrogens (tertiary/aromatic N) is 1. The van der Waals surface area contributed by atoms with E-state index in [4.69, 9.17) is 11.5 Å². The maximum absolute atomic E-state index is 11.7. The van der Waals surface area contributed by atoms with E-state index >= 15 is 0 Å². The zero-order chi connectivity index (χ0) is 12.7. The second-order valence-electron chi connectivity index (χ2n) is 3.43. The average molecular weight is 251 g/mol. The van der Waals surface area contributed by atoms with Crippen LogP contribution in [-0.4, -0.2) is 35.0 Å². The maximum atomic E-state index is 11.7. The number of rotatable bonds is 6. The van der Waals surface area contributed by atoms with E-state index in [0.717, 1.165) is 4.88 Å². The van der Waals surface area contributed by atoms with E-state index in [2.05, 4.69) is 5.92 Å². The molecule has 1 aromatic rings. The van der Waals surface area contributed by atoms with Gasteiger partial charge in [-0.25, -0.2) is 0 Å². The molecule has 0 aliphatic carbocycles. The van der Waals surface area contributed by atoms with Crippen LogP contribution in [0.5, 0.6) is 0 Å². The molecule has 4 nitrogen and oxygen atoms in total. The van der Waals surface area contributed by atoms with Crippen LogP contribution in [0.3, 0.4) is 0 Å². The summed E-state index contributed by atoms with van der Waals surface area (Å²) < 4.78 is 0. The van der Waals surface area contributed by atoms with E-state index in [1.165, 1.54) is 4.90 Å². The number of aliphatic carboxylic acids is 1. The highest BCUT2D eigenvalue weighted by molar-refractivity contribution is 7.09. The summed E-state index contributed by atoms with van der Waals surface area (Å²) in [5.74, 6) is 1.02. The number of thiophene rings is 1. The zero-order valence-corrected chi connectivity index (χ0v) is 10.1. The summed E-state index contributed by atoms with van der Waals surface area (Å²) in [7, 11) is 0. The van der Waals surface area contributed by atoms with Crippen LogP contribution in [0.15, 0.2) is 17.5 Å². The summed E-state index contributed by atoms with van der Waals surface area (Å²) in [5.41, 5.74) is 0. The van der Waals surface area contributed by atoms with Crippen molar-refractivity contribution in [2.75, 3.05) is 13.1 Å². The zero-order valence-electron chi connectivity index (χ0n) is 9.26. The molecule has 5 heteroatoms. The van der Waals surface area contributed by atoms with Crippen LogP contribution < -0.4 is 0 Å². The third kappa shape index (κ3) is 4.70. The Bertz CT molecular complexity index is 419. The minimum Gasteiger partial charge on any atom is -0.480 e. The molecule has 0 radical (unpaired) electrons. The molecule has 1 rings (SSSR count). The summed E-state index contributed by atoms with van der Waals surface area (Å²) >= 11 is 1.58. The fourth-order valence-electron chi connectivity index (χ4n) is 1.35. The smallest absolute Gasteiger partial charge is 0.323 e. The lowest BCUT2D eigenvalue weighted by molar-refractivity contribution is -0.143. The normalized spacial score (nSPS) is 9.59. The topological polar surface area (TPSA) is 57.6 Å². The second-order valence-corrected chi connectivity index (χ2v) is 4.46. The van der Waals surface area contributed by atoms with E-state index in [-0.39, 0.29) is 25.4 Å². The molecule has 0 unspecified atom stereocenters. The molecular formula is C12H13NO3S. The molecule has 0 atom stereocenters. The lowest BCUT2D eigenvalue weighted by Gasteiger charge is -2.17. The third-order valence-corrected chi connectivity index (χ3v) is 3.06. The van der Waals surface area contributed by atoms with E-state index in [1.807, 2.05) is 17.5 Å². The van der Waals surface area contributed by atoms with Crippen LogP contribution in [0.2, 0.25) is 0 Å². The van der Waals surface area contributed by atoms with Crippen molar-refractivity contribution < 1.29 is 14.7 Å². The number of carbonyl (C=O) groups excluding carboxylic acids is 1. The van der Waals surface area contributed by atoms with Gasteiger partial charge in [-0.2, -0.15) is 0 Å². The lowest BCUT2D eigenvalue weighted by atomic mass is 10.2. The van der Waals surface area contributed by atoms with Gasteiger partial charge in [0, 0.05) is 11.3 Å². The molecule has 1 amide bonds. The molecule has 0 aromatic carbocycles. The van der Waals surface area contributed by atoms with Gasteiger partial charge in [-0.1, -0.05) is 12.0 Å². The van der Waals surface area contributed by atoms with Gasteiger partial charge in [0.25, 0.3) is 0 Å². The monoisotopic (exact) mass is 251 g/mol. The van der Waals surface area contributed by atoms with Crippen LogP contribution in [0, 0.1) is 12.3 Å². The van der Waals surface area contributed by atoms with E-state index in [1.54, 1.807) is 11.3 Å². The van der Waals surface area contributed by atoms with Crippen molar-refractivity contribution in [1.29, 1.82) is 0 Å². The van der Waals surface area contributed by atoms with Gasteiger partial charge < -0.3 is 10.0 Å². The first-order valence-corrected chi connectivity index (χ1v) is 5.97. The van der Waals surface area contributed by atoms with Gasteiger partial charge in [0.2, 0.25) is 5.91 Å². The van der Waals surface area contributed by atoms with Crippen molar-refractivity contribution in [1.82, 2.24) is 4.90 Å². The van der Waals surface area contributed by atoms with Crippen molar-refractivity contribution in [2.24, 2.45) is 0 Å². The molecule has 0 bridgehead atoms. The summed E-state index contributed by atoms with van der Waals surface area (Å²) in [6.45, 7) is -0.303. The molecule has 1 heterocycles. The molecule has 1 aromatic heterocycles. The van der Waals surface area contributed by atoms with Gasteiger partial charge in [0.1, 0.15) is 6.54 Å². The quantitative estimate of drug-likeness (QED) is 0.774. The molecular weight excluding hydrogens is 238 g/mol. The Morgan fingerprint density at radius 2 is 2.29 bits per heavy atom. The second kappa shape index (κ2) is 6.71. The van der Waals surface area contributed by atoms with Crippen LogP contribution in [0.4, 0.5) is 0 Å². The highest BCUT2D eigenvalue weighted by Gasteiger charge is 2.15. The van der Waals surface area contributed by atoms with Gasteiger partial charge in [0.15, 0.2) is 0 Å². The van der Waals surface area contributed by atoms with Gasteiger partial charge in [0.05, 0.1) is 6.54 Å². The van der Waals surface area contributed by atoms with Crippen molar-refractivity contribution in [3.05, 3.63) is 22.4 Å². The van der Waals surface area contributed by atoms with E-state index < -0.39 is 5.97 Å². The molecule has 0 spiro atoms. The number of aryl methyl sites for hydroxylation is 1. The lowest BCUT2D eigenvalue weighted by Crippen LogP contribution is -2.36. The van der Waals surface area contributed by atoms with Crippen molar-refractivity contribution in [2.45, 2.75) is 12.8 Å². The Morgan fingerprint density at radius 1 is 1.53 bits per heavy atom. The fourth-order valence-corrected chi connectivity index (χ4v) is 2.06. The molecule has 0 saturated heterocycles. The van der Waals surface area contributed by atoms with Gasteiger partial charge in [-0.05, 0) is 17.9 Å². The fraction of sp³-hybridized carbons (Fsp3) is 0.333. The van der Waals surface area contributed by atoms with Crippen molar-refractivity contribution in [3.8, 4) is 12.3 Å². The number of hydrogen-bond donors (Lipinski definition) is 1. The van der Waals surface area contributed by atoms with Crippen LogP contribution in [0.1, 0.15) is 11.3 Å². The minimum atomic E-state index is -1.05. The van der Waals surface area contributed by atoms with Crippen LogP contribution >= 0.6 is 11.3 Å². The molecule has 90 valence electrons. The Balaban J connectivity index is 2.47. The molecule has 1 N–H and O–H groups in total. The Kier molecular flexibility index (Phi) is 5.24. The van der Waals surface area contributed by atoms with Crippen LogP contribution in [-0.2, 0) is 16.0 Å². The van der Waals surface area contributed by atoms with E-state index in [0.29, 0.717) is 6.42 Å². The third-order valence-electron chi connectivity index (χ3n) is 2.13. The summed E-state index contributed by atoms with van der Waals surface area (Å²) in [5, 5.41) is 10.6. The number of amides is 1. The number of carboxylic acids is 1. The Hall–Kier alpha value is -1.80. The molecule has 17 heavy (non-hydrogen) atoms. The Morgan fingerprint density at radius 3 is 2.82 bits per heavy atom. The first kappa shape index (κ1) is 13.3. The van der Waals surface area contributed by atoms with Gasteiger partial charge in [-0.3, -0.25) is 9.59 Å². The SMILES string of the molecule is C#CCN(CC(=O)O)C(=O)CCc1cccs1. The molecule has 0 aliphatic heterocycles. The first-order chi connectivity index (χ1) is 8.13.